The number of ether oxygens (including phenoxy) is 2. The van der Waals surface area contributed by atoms with Gasteiger partial charge in [-0.25, -0.2) is 0 Å². The lowest BCUT2D eigenvalue weighted by molar-refractivity contribution is -0.0973. The number of nitrogens with zero attached hydrogens (tertiary/aromatic N) is 4. The van der Waals surface area contributed by atoms with E-state index in [0.29, 0.717) is 13.0 Å². The molecule has 1 saturated heterocycles. The highest BCUT2D eigenvalue weighted by Crippen LogP contribution is 2.36. The second kappa shape index (κ2) is 11.9. The van der Waals surface area contributed by atoms with E-state index in [1.54, 1.807) is 6.21 Å². The largest absolute Gasteiger partial charge is 0.591 e. The summed E-state index contributed by atoms with van der Waals surface area (Å²) in [6, 6.07) is 17.5. The fourth-order valence-corrected chi connectivity index (χ4v) is 4.80. The van der Waals surface area contributed by atoms with Crippen LogP contribution in [-0.4, -0.2) is 39.2 Å². The van der Waals surface area contributed by atoms with Crippen LogP contribution < -0.4 is 0 Å². The first-order valence-electron chi connectivity index (χ1n) is 10.8. The second-order valence-electron chi connectivity index (χ2n) is 8.86. The van der Waals surface area contributed by atoms with Crippen molar-refractivity contribution in [2.75, 3.05) is 0 Å². The van der Waals surface area contributed by atoms with Crippen molar-refractivity contribution >= 4 is 29.3 Å². The molecular formula is C24H30N4O3S2. The van der Waals surface area contributed by atoms with Gasteiger partial charge in [0.15, 0.2) is 0 Å². The standard InChI is InChI=1S/C24H30N4O3S2/c1-17-10-12-19(13-11-17)32-23-20(27-28-25)14-21(30-16-18-8-6-5-7-9-18)22(31-23)15-26-33(29)24(2,3)4/h5-13,15,20-23H,14,16H2,1-4H3/b26-15+/t20-,21+,22-,23+,33+/m1/s1. The molecule has 2 aromatic rings. The summed E-state index contributed by atoms with van der Waals surface area (Å²) in [6.45, 7) is 8.04. The molecule has 1 heterocycles. The summed E-state index contributed by atoms with van der Waals surface area (Å²) in [5, 5.41) is 4.00. The first kappa shape index (κ1) is 25.6. The van der Waals surface area contributed by atoms with Gasteiger partial charge in [0.1, 0.15) is 27.6 Å². The van der Waals surface area contributed by atoms with E-state index in [2.05, 4.69) is 14.4 Å². The molecule has 33 heavy (non-hydrogen) atoms. The van der Waals surface area contributed by atoms with E-state index in [0.717, 1.165) is 10.5 Å². The van der Waals surface area contributed by atoms with Crippen LogP contribution in [-0.2, 0) is 27.4 Å². The van der Waals surface area contributed by atoms with Gasteiger partial charge in [0.05, 0.1) is 25.0 Å². The van der Waals surface area contributed by atoms with E-state index in [9.17, 15) is 4.55 Å². The maximum atomic E-state index is 12.5. The quantitative estimate of drug-likeness (QED) is 0.150. The van der Waals surface area contributed by atoms with Gasteiger partial charge in [-0.15, -0.1) is 0 Å². The number of hydrogen-bond donors (Lipinski definition) is 0. The Kier molecular flexibility index (Phi) is 9.26. The minimum Gasteiger partial charge on any atom is -0.591 e. The van der Waals surface area contributed by atoms with Crippen LogP contribution in [0.3, 0.4) is 0 Å². The molecule has 0 radical (unpaired) electrons. The maximum absolute atomic E-state index is 12.5. The van der Waals surface area contributed by atoms with Crippen LogP contribution in [0.1, 0.15) is 38.3 Å². The molecular weight excluding hydrogens is 456 g/mol. The van der Waals surface area contributed by atoms with E-state index in [1.165, 1.54) is 17.3 Å². The van der Waals surface area contributed by atoms with Crippen LogP contribution in [0.5, 0.6) is 0 Å². The molecule has 0 unspecified atom stereocenters. The Morgan fingerprint density at radius 3 is 2.55 bits per heavy atom. The average Bonchev–Trinajstić information content (AvgIpc) is 2.79. The molecule has 0 spiro atoms. The zero-order chi connectivity index (χ0) is 23.8. The Morgan fingerprint density at radius 1 is 1.21 bits per heavy atom. The highest BCUT2D eigenvalue weighted by atomic mass is 32.2. The summed E-state index contributed by atoms with van der Waals surface area (Å²) in [7, 11) is 0. The van der Waals surface area contributed by atoms with Crippen LogP contribution in [0.15, 0.2) is 69.0 Å². The molecule has 0 saturated carbocycles. The van der Waals surface area contributed by atoms with Crippen LogP contribution in [0.4, 0.5) is 0 Å². The molecule has 0 bridgehead atoms. The highest BCUT2D eigenvalue weighted by molar-refractivity contribution is 7.99. The third-order valence-corrected chi connectivity index (χ3v) is 7.62. The molecule has 0 N–H and O–H groups in total. The summed E-state index contributed by atoms with van der Waals surface area (Å²) < 4.78 is 28.8. The number of azide groups is 1. The zero-order valence-electron chi connectivity index (χ0n) is 19.3. The fourth-order valence-electron chi connectivity index (χ4n) is 3.19. The monoisotopic (exact) mass is 486 g/mol. The molecule has 5 atom stereocenters. The normalized spacial score (nSPS) is 24.4. The van der Waals surface area contributed by atoms with Gasteiger partial charge < -0.3 is 14.0 Å². The average molecular weight is 487 g/mol. The Morgan fingerprint density at radius 2 is 1.91 bits per heavy atom. The third-order valence-electron chi connectivity index (χ3n) is 5.05. The van der Waals surface area contributed by atoms with Crippen molar-refractivity contribution in [2.24, 2.45) is 9.51 Å². The molecule has 1 fully saturated rings. The molecule has 0 aliphatic carbocycles. The molecule has 9 heteroatoms. The van der Waals surface area contributed by atoms with Gasteiger partial charge in [0, 0.05) is 9.81 Å². The van der Waals surface area contributed by atoms with Crippen molar-refractivity contribution in [3.05, 3.63) is 76.2 Å². The summed E-state index contributed by atoms with van der Waals surface area (Å²) >= 11 is 0.0885. The lowest BCUT2D eigenvalue weighted by Gasteiger charge is -2.38. The molecule has 1 aliphatic rings. The number of aryl methyl sites for hydroxylation is 1. The molecule has 7 nitrogen and oxygen atoms in total. The lowest BCUT2D eigenvalue weighted by Crippen LogP contribution is -2.47. The Hall–Kier alpha value is -2.00. The molecule has 0 aromatic heterocycles. The topological polar surface area (TPSA) is 103 Å². The fraction of sp³-hybridized carbons (Fsp3) is 0.458. The summed E-state index contributed by atoms with van der Waals surface area (Å²) in [6.07, 6.45) is 1.15. The van der Waals surface area contributed by atoms with Gasteiger partial charge in [-0.1, -0.05) is 69.3 Å². The van der Waals surface area contributed by atoms with Crippen molar-refractivity contribution in [2.45, 2.75) is 74.1 Å². The van der Waals surface area contributed by atoms with E-state index >= 15 is 0 Å². The summed E-state index contributed by atoms with van der Waals surface area (Å²) in [4.78, 5) is 4.06. The van der Waals surface area contributed by atoms with Crippen LogP contribution in [0, 0.1) is 6.92 Å². The molecule has 0 amide bonds. The van der Waals surface area contributed by atoms with Gasteiger partial charge in [-0.2, -0.15) is 0 Å². The maximum Gasteiger partial charge on any atom is 0.144 e. The van der Waals surface area contributed by atoms with Gasteiger partial charge in [0.2, 0.25) is 0 Å². The van der Waals surface area contributed by atoms with Gasteiger partial charge >= 0.3 is 0 Å². The Balaban J connectivity index is 1.81. The Labute approximate surface area is 202 Å². The number of thioether (sulfide) groups is 1. The van der Waals surface area contributed by atoms with Crippen molar-refractivity contribution < 1.29 is 14.0 Å². The third kappa shape index (κ3) is 7.78. The minimum absolute atomic E-state index is 0.389. The van der Waals surface area contributed by atoms with Crippen molar-refractivity contribution in [3.63, 3.8) is 0 Å². The highest BCUT2D eigenvalue weighted by Gasteiger charge is 2.39. The van der Waals surface area contributed by atoms with Crippen LogP contribution in [0.25, 0.3) is 10.4 Å². The predicted molar refractivity (Wildman–Crippen MR) is 135 cm³/mol. The lowest BCUT2D eigenvalue weighted by atomic mass is 10.0. The SMILES string of the molecule is Cc1ccc(S[C@@H]2O[C@H](/C=N/[S@@+]([O-])C(C)(C)C)[C@@H](OCc3ccccc3)C[C@H]2N=[N+]=[N-])cc1. The molecule has 176 valence electrons. The predicted octanol–water partition coefficient (Wildman–Crippen LogP) is 6.00. The number of rotatable bonds is 8. The number of hydrogen-bond acceptors (Lipinski definition) is 6. The number of benzene rings is 2. The molecule has 2 aromatic carbocycles. The van der Waals surface area contributed by atoms with Crippen LogP contribution >= 0.6 is 11.8 Å². The van der Waals surface area contributed by atoms with Crippen molar-refractivity contribution in [3.8, 4) is 0 Å². The van der Waals surface area contributed by atoms with E-state index in [1.807, 2.05) is 82.3 Å². The first-order chi connectivity index (χ1) is 15.8. The van der Waals surface area contributed by atoms with Crippen molar-refractivity contribution in [1.29, 1.82) is 0 Å². The van der Waals surface area contributed by atoms with Gasteiger partial charge in [-0.3, -0.25) is 0 Å². The minimum atomic E-state index is -1.41. The van der Waals surface area contributed by atoms with Gasteiger partial charge in [0.25, 0.3) is 0 Å². The summed E-state index contributed by atoms with van der Waals surface area (Å²) in [5.74, 6) is 0. The van der Waals surface area contributed by atoms with E-state index in [-0.39, 0.29) is 0 Å². The zero-order valence-corrected chi connectivity index (χ0v) is 21.0. The van der Waals surface area contributed by atoms with E-state index in [4.69, 9.17) is 15.0 Å². The Bertz CT molecular complexity index is 960. The van der Waals surface area contributed by atoms with Gasteiger partial charge in [-0.05, 0) is 57.3 Å². The van der Waals surface area contributed by atoms with Crippen molar-refractivity contribution in [1.82, 2.24) is 0 Å². The second-order valence-corrected chi connectivity index (χ2v) is 12.0. The summed E-state index contributed by atoms with van der Waals surface area (Å²) in [5.41, 5.74) is 10.9. The smallest absolute Gasteiger partial charge is 0.144 e. The van der Waals surface area contributed by atoms with Crippen LogP contribution in [0.2, 0.25) is 0 Å². The molecule has 1 aliphatic heterocycles. The first-order valence-corrected chi connectivity index (χ1v) is 12.8. The molecule has 3 rings (SSSR count). The van der Waals surface area contributed by atoms with E-state index < -0.39 is 39.8 Å².